The number of ether oxygens (including phenoxy) is 4. The first-order valence-electron chi connectivity index (χ1n) is 16.2. The van der Waals surface area contributed by atoms with Gasteiger partial charge in [0, 0.05) is 51.3 Å². The van der Waals surface area contributed by atoms with Gasteiger partial charge in [0.05, 0.1) is 33.0 Å². The van der Waals surface area contributed by atoms with Gasteiger partial charge in [-0.25, -0.2) is 0 Å². The summed E-state index contributed by atoms with van der Waals surface area (Å²) in [5, 5.41) is 3.56. The van der Waals surface area contributed by atoms with Gasteiger partial charge in [-0.2, -0.15) is 0 Å². The van der Waals surface area contributed by atoms with E-state index in [4.69, 9.17) is 18.9 Å². The molecule has 1 unspecified atom stereocenters. The van der Waals surface area contributed by atoms with E-state index >= 15 is 0 Å². The molecule has 1 fully saturated rings. The molecule has 0 spiro atoms. The molecule has 1 N–H and O–H groups in total. The van der Waals surface area contributed by atoms with Crippen LogP contribution < -0.4 is 15.0 Å². The molecule has 0 aromatic heterocycles. The summed E-state index contributed by atoms with van der Waals surface area (Å²) >= 11 is 0. The van der Waals surface area contributed by atoms with E-state index in [2.05, 4.69) is 79.0 Å². The van der Waals surface area contributed by atoms with Crippen LogP contribution in [0.25, 0.3) is 0 Å². The summed E-state index contributed by atoms with van der Waals surface area (Å²) < 4.78 is 23.4. The van der Waals surface area contributed by atoms with Gasteiger partial charge < -0.3 is 29.2 Å². The standard InChI is InChI=1S/C37H48N2O5/c1-28-7-3-4-8-32(28)26-42-21-6-22-44-34-14-11-30(12-15-34)35-17-18-38-24-33(35)27-43-25-29-9-10-31-13-16-37(40)39(36(31)23-29)19-5-20-41-2/h3-4,7-12,14-15,23,33,35,38H,5-6,13,16-22,24-27H2,1-2H3/t33?,35-/m1/s1. The Morgan fingerprint density at radius 3 is 2.61 bits per heavy atom. The number of rotatable bonds is 16. The number of benzene rings is 3. The fourth-order valence-corrected chi connectivity index (χ4v) is 6.27. The van der Waals surface area contributed by atoms with E-state index in [1.54, 1.807) is 7.11 Å². The third kappa shape index (κ3) is 8.91. The lowest BCUT2D eigenvalue weighted by molar-refractivity contribution is -0.118. The molecule has 1 amide bonds. The molecular formula is C37H48N2O5. The fraction of sp³-hybridized carbons (Fsp3) is 0.486. The van der Waals surface area contributed by atoms with Gasteiger partial charge in [0.25, 0.3) is 0 Å². The van der Waals surface area contributed by atoms with Crippen molar-refractivity contribution >= 4 is 11.6 Å². The maximum absolute atomic E-state index is 12.7. The summed E-state index contributed by atoms with van der Waals surface area (Å²) in [7, 11) is 1.70. The van der Waals surface area contributed by atoms with Crippen molar-refractivity contribution in [3.8, 4) is 5.75 Å². The van der Waals surface area contributed by atoms with Crippen molar-refractivity contribution in [1.82, 2.24) is 5.32 Å². The van der Waals surface area contributed by atoms with Crippen LogP contribution in [0.2, 0.25) is 0 Å². The van der Waals surface area contributed by atoms with Crippen LogP contribution in [0.4, 0.5) is 5.69 Å². The molecule has 7 nitrogen and oxygen atoms in total. The van der Waals surface area contributed by atoms with Crippen LogP contribution in [0.15, 0.2) is 66.7 Å². The number of methoxy groups -OCH3 is 1. The van der Waals surface area contributed by atoms with Crippen LogP contribution >= 0.6 is 0 Å². The minimum Gasteiger partial charge on any atom is -0.494 e. The summed E-state index contributed by atoms with van der Waals surface area (Å²) in [6.45, 7) is 8.60. The number of anilines is 1. The van der Waals surface area contributed by atoms with Crippen LogP contribution in [0.1, 0.15) is 59.4 Å². The highest BCUT2D eigenvalue weighted by atomic mass is 16.5. The molecule has 2 aliphatic heterocycles. The highest BCUT2D eigenvalue weighted by Gasteiger charge is 2.27. The lowest BCUT2D eigenvalue weighted by Gasteiger charge is -2.32. The van der Waals surface area contributed by atoms with E-state index < -0.39 is 0 Å². The predicted molar refractivity (Wildman–Crippen MR) is 174 cm³/mol. The van der Waals surface area contributed by atoms with Gasteiger partial charge in [0.15, 0.2) is 0 Å². The van der Waals surface area contributed by atoms with Crippen molar-refractivity contribution in [2.24, 2.45) is 5.92 Å². The largest absolute Gasteiger partial charge is 0.494 e. The second-order valence-electron chi connectivity index (χ2n) is 12.0. The van der Waals surface area contributed by atoms with Crippen LogP contribution in [-0.4, -0.2) is 59.1 Å². The van der Waals surface area contributed by atoms with Crippen LogP contribution in [0.5, 0.6) is 5.75 Å². The molecule has 3 aromatic carbocycles. The van der Waals surface area contributed by atoms with Crippen molar-refractivity contribution < 1.29 is 23.7 Å². The van der Waals surface area contributed by atoms with E-state index in [0.29, 0.717) is 64.4 Å². The maximum atomic E-state index is 12.7. The number of carbonyl (C=O) groups is 1. The molecule has 1 saturated heterocycles. The molecule has 3 aromatic rings. The predicted octanol–water partition coefficient (Wildman–Crippen LogP) is 6.21. The second-order valence-corrected chi connectivity index (χ2v) is 12.0. The Labute approximate surface area is 262 Å². The molecule has 236 valence electrons. The van der Waals surface area contributed by atoms with E-state index in [1.165, 1.54) is 22.3 Å². The molecule has 2 atom stereocenters. The fourth-order valence-electron chi connectivity index (χ4n) is 6.27. The quantitative estimate of drug-likeness (QED) is 0.197. The Balaban J connectivity index is 1.07. The average molecular weight is 601 g/mol. The molecule has 0 bridgehead atoms. The van der Waals surface area contributed by atoms with Crippen molar-refractivity contribution in [2.75, 3.05) is 58.1 Å². The van der Waals surface area contributed by atoms with Crippen molar-refractivity contribution in [3.05, 3.63) is 94.5 Å². The average Bonchev–Trinajstić information content (AvgIpc) is 3.05. The van der Waals surface area contributed by atoms with Crippen molar-refractivity contribution in [1.29, 1.82) is 0 Å². The Morgan fingerprint density at radius 1 is 0.909 bits per heavy atom. The molecule has 0 aliphatic carbocycles. The SMILES string of the molecule is COCCCN1C(=O)CCc2ccc(COCC3CNCC[C@@H]3c3ccc(OCCCOCc4ccccc4C)cc3)cc21. The Morgan fingerprint density at radius 2 is 1.77 bits per heavy atom. The number of amides is 1. The van der Waals surface area contributed by atoms with E-state index in [0.717, 1.165) is 55.8 Å². The van der Waals surface area contributed by atoms with Gasteiger partial charge in [-0.15, -0.1) is 0 Å². The minimum absolute atomic E-state index is 0.196. The number of fused-ring (bicyclic) bond motifs is 1. The topological polar surface area (TPSA) is 69.3 Å². The summed E-state index contributed by atoms with van der Waals surface area (Å²) in [5.41, 5.74) is 7.22. The number of hydrogen-bond acceptors (Lipinski definition) is 6. The normalized spacial score (nSPS) is 18.3. The third-order valence-electron chi connectivity index (χ3n) is 8.82. The first kappa shape index (κ1) is 32.2. The van der Waals surface area contributed by atoms with Gasteiger partial charge in [0.1, 0.15) is 5.75 Å². The summed E-state index contributed by atoms with van der Waals surface area (Å²) in [4.78, 5) is 14.6. The number of hydrogen-bond donors (Lipinski definition) is 1. The Bertz CT molecular complexity index is 1330. The zero-order valence-electron chi connectivity index (χ0n) is 26.4. The van der Waals surface area contributed by atoms with Gasteiger partial charge in [-0.1, -0.05) is 48.5 Å². The maximum Gasteiger partial charge on any atom is 0.227 e. The molecule has 0 radical (unpaired) electrons. The molecule has 2 heterocycles. The number of carbonyl (C=O) groups excluding carboxylic acids is 1. The molecule has 44 heavy (non-hydrogen) atoms. The van der Waals surface area contributed by atoms with Gasteiger partial charge in [0.2, 0.25) is 5.91 Å². The zero-order chi connectivity index (χ0) is 30.6. The molecule has 0 saturated carbocycles. The van der Waals surface area contributed by atoms with Gasteiger partial charge >= 0.3 is 0 Å². The lowest BCUT2D eigenvalue weighted by atomic mass is 9.81. The minimum atomic E-state index is 0.196. The van der Waals surface area contributed by atoms with Crippen LogP contribution in [0, 0.1) is 12.8 Å². The molecular weight excluding hydrogens is 552 g/mol. The lowest BCUT2D eigenvalue weighted by Crippen LogP contribution is -2.37. The van der Waals surface area contributed by atoms with E-state index in [-0.39, 0.29) is 5.91 Å². The monoisotopic (exact) mass is 600 g/mol. The third-order valence-corrected chi connectivity index (χ3v) is 8.82. The number of piperidine rings is 1. The molecule has 5 rings (SSSR count). The van der Waals surface area contributed by atoms with Crippen LogP contribution in [0.3, 0.4) is 0 Å². The Kier molecular flexibility index (Phi) is 12.2. The number of nitrogens with one attached hydrogen (secondary N) is 1. The van der Waals surface area contributed by atoms with Gasteiger partial charge in [-0.05, 0) is 84.7 Å². The number of aryl methyl sites for hydroxylation is 2. The number of nitrogens with zero attached hydrogens (tertiary/aromatic N) is 1. The highest BCUT2D eigenvalue weighted by Crippen LogP contribution is 2.33. The Hall–Kier alpha value is -3.23. The molecule has 2 aliphatic rings. The van der Waals surface area contributed by atoms with Crippen molar-refractivity contribution in [2.45, 2.75) is 58.2 Å². The van der Waals surface area contributed by atoms with Gasteiger partial charge in [-0.3, -0.25) is 4.79 Å². The first-order valence-corrected chi connectivity index (χ1v) is 16.2. The summed E-state index contributed by atoms with van der Waals surface area (Å²) in [6, 6.07) is 23.4. The summed E-state index contributed by atoms with van der Waals surface area (Å²) in [6.07, 6.45) is 4.15. The smallest absolute Gasteiger partial charge is 0.227 e. The van der Waals surface area contributed by atoms with E-state index in [1.807, 2.05) is 4.90 Å². The molecule has 7 heteroatoms. The highest BCUT2D eigenvalue weighted by molar-refractivity contribution is 5.96. The first-order chi connectivity index (χ1) is 21.6. The summed E-state index contributed by atoms with van der Waals surface area (Å²) in [5.74, 6) is 1.93. The second kappa shape index (κ2) is 16.7. The van der Waals surface area contributed by atoms with Crippen LogP contribution in [-0.2, 0) is 38.6 Å². The zero-order valence-corrected chi connectivity index (χ0v) is 26.4. The van der Waals surface area contributed by atoms with E-state index in [9.17, 15) is 4.79 Å². The van der Waals surface area contributed by atoms with Crippen molar-refractivity contribution in [3.63, 3.8) is 0 Å².